The highest BCUT2D eigenvalue weighted by Gasteiger charge is 2.22. The van der Waals surface area contributed by atoms with Crippen molar-refractivity contribution >= 4 is 33.3 Å². The van der Waals surface area contributed by atoms with Gasteiger partial charge in [0.25, 0.3) is 10.0 Å². The molecule has 0 radical (unpaired) electrons. The van der Waals surface area contributed by atoms with E-state index in [0.717, 1.165) is 6.07 Å². The molecule has 0 bridgehead atoms. The van der Waals surface area contributed by atoms with Crippen LogP contribution in [0.25, 0.3) is 0 Å². The van der Waals surface area contributed by atoms with Crippen molar-refractivity contribution in [2.24, 2.45) is 0 Å². The molecule has 0 aliphatic carbocycles. The van der Waals surface area contributed by atoms with Crippen molar-refractivity contribution in [3.05, 3.63) is 52.0 Å². The van der Waals surface area contributed by atoms with Gasteiger partial charge < -0.3 is 9.84 Å². The normalized spacial score (nSPS) is 11.2. The van der Waals surface area contributed by atoms with Crippen LogP contribution in [-0.4, -0.2) is 26.6 Å². The smallest absolute Gasteiger partial charge is 0.335 e. The van der Waals surface area contributed by atoms with Crippen molar-refractivity contribution in [1.82, 2.24) is 0 Å². The summed E-state index contributed by atoms with van der Waals surface area (Å²) in [6.07, 6.45) is 0. The molecule has 0 fully saturated rings. The zero-order valence-corrected chi connectivity index (χ0v) is 14.8. The maximum Gasteiger partial charge on any atom is 0.335 e. The minimum Gasteiger partial charge on any atom is -0.495 e. The number of aromatic carboxylic acids is 1. The van der Waals surface area contributed by atoms with Crippen LogP contribution >= 0.6 is 11.6 Å². The number of sulfonamides is 1. The van der Waals surface area contributed by atoms with Gasteiger partial charge >= 0.3 is 5.97 Å². The molecule has 0 aliphatic heterocycles. The van der Waals surface area contributed by atoms with E-state index in [4.69, 9.17) is 21.4 Å². The molecular weight excluding hydrogens is 354 g/mol. The van der Waals surface area contributed by atoms with E-state index in [1.165, 1.54) is 25.3 Å². The van der Waals surface area contributed by atoms with Crippen molar-refractivity contribution in [2.45, 2.75) is 18.7 Å². The molecule has 0 aliphatic rings. The fourth-order valence-corrected chi connectivity index (χ4v) is 3.77. The molecule has 2 aromatic carbocycles. The van der Waals surface area contributed by atoms with E-state index in [1.807, 2.05) is 0 Å². The molecule has 0 unspecified atom stereocenters. The molecule has 2 rings (SSSR count). The number of nitrogens with one attached hydrogen (secondary N) is 1. The molecule has 0 spiro atoms. The summed E-state index contributed by atoms with van der Waals surface area (Å²) in [5.74, 6) is -0.901. The van der Waals surface area contributed by atoms with Crippen molar-refractivity contribution in [3.63, 3.8) is 0 Å². The van der Waals surface area contributed by atoms with Gasteiger partial charge in [-0.25, -0.2) is 13.2 Å². The van der Waals surface area contributed by atoms with Crippen molar-refractivity contribution in [1.29, 1.82) is 0 Å². The first kappa shape index (κ1) is 18.1. The minimum absolute atomic E-state index is 0.100. The fourth-order valence-electron chi connectivity index (χ4n) is 2.19. The Balaban J connectivity index is 2.56. The lowest BCUT2D eigenvalue weighted by atomic mass is 10.1. The zero-order chi connectivity index (χ0) is 18.1. The lowest BCUT2D eigenvalue weighted by molar-refractivity contribution is 0.0696. The lowest BCUT2D eigenvalue weighted by Gasteiger charge is -2.15. The molecule has 0 saturated heterocycles. The monoisotopic (exact) mass is 369 g/mol. The van der Waals surface area contributed by atoms with Crippen LogP contribution in [0.15, 0.2) is 35.2 Å². The Morgan fingerprint density at radius 1 is 1.21 bits per heavy atom. The minimum atomic E-state index is -4.02. The van der Waals surface area contributed by atoms with E-state index < -0.39 is 16.0 Å². The van der Waals surface area contributed by atoms with Crippen LogP contribution in [0.1, 0.15) is 21.5 Å². The Bertz CT molecular complexity index is 909. The maximum absolute atomic E-state index is 12.7. The van der Waals surface area contributed by atoms with Crippen molar-refractivity contribution in [2.75, 3.05) is 11.8 Å². The highest BCUT2D eigenvalue weighted by atomic mass is 35.5. The first-order valence-electron chi connectivity index (χ1n) is 6.86. The summed E-state index contributed by atoms with van der Waals surface area (Å²) in [5.41, 5.74) is 1.10. The van der Waals surface area contributed by atoms with Gasteiger partial charge in [0.15, 0.2) is 0 Å². The van der Waals surface area contributed by atoms with Gasteiger partial charge in [-0.15, -0.1) is 0 Å². The van der Waals surface area contributed by atoms with E-state index in [2.05, 4.69) is 4.72 Å². The highest BCUT2D eigenvalue weighted by molar-refractivity contribution is 7.92. The van der Waals surface area contributed by atoms with Crippen LogP contribution in [-0.2, 0) is 10.0 Å². The van der Waals surface area contributed by atoms with Crippen molar-refractivity contribution < 1.29 is 23.1 Å². The van der Waals surface area contributed by atoms with Gasteiger partial charge in [-0.2, -0.15) is 0 Å². The number of hydrogen-bond donors (Lipinski definition) is 2. The van der Waals surface area contributed by atoms with Crippen molar-refractivity contribution in [3.8, 4) is 5.75 Å². The number of benzene rings is 2. The van der Waals surface area contributed by atoms with Crippen LogP contribution < -0.4 is 9.46 Å². The first-order valence-corrected chi connectivity index (χ1v) is 8.72. The summed E-state index contributed by atoms with van der Waals surface area (Å²) in [4.78, 5) is 11.1. The number of rotatable bonds is 5. The SMILES string of the molecule is COc1ccc(Cl)cc1NS(=O)(=O)c1cc(C(=O)O)cc(C)c1C. The summed E-state index contributed by atoms with van der Waals surface area (Å²) in [7, 11) is -2.62. The first-order chi connectivity index (χ1) is 11.2. The second-order valence-corrected chi connectivity index (χ2v) is 7.26. The third-order valence-electron chi connectivity index (χ3n) is 3.56. The Labute approximate surface area is 145 Å². The molecule has 2 N–H and O–H groups in total. The Morgan fingerprint density at radius 3 is 2.46 bits per heavy atom. The molecule has 2 aromatic rings. The van der Waals surface area contributed by atoms with Crippen LogP contribution in [0.3, 0.4) is 0 Å². The van der Waals surface area contributed by atoms with E-state index in [9.17, 15) is 13.2 Å². The second kappa shape index (κ2) is 6.70. The number of carboxylic acid groups (broad SMARTS) is 1. The topological polar surface area (TPSA) is 92.7 Å². The summed E-state index contributed by atoms with van der Waals surface area (Å²) in [6, 6.07) is 7.08. The summed E-state index contributed by atoms with van der Waals surface area (Å²) < 4.78 is 33.0. The van der Waals surface area contributed by atoms with E-state index >= 15 is 0 Å². The van der Waals surface area contributed by atoms with Gasteiger partial charge in [0.1, 0.15) is 5.75 Å². The number of ether oxygens (including phenoxy) is 1. The molecule has 8 heteroatoms. The summed E-state index contributed by atoms with van der Waals surface area (Å²) in [5, 5.41) is 9.48. The lowest BCUT2D eigenvalue weighted by Crippen LogP contribution is -2.16. The van der Waals surface area contributed by atoms with Gasteiger partial charge in [-0.3, -0.25) is 4.72 Å². The third-order valence-corrected chi connectivity index (χ3v) is 5.29. The predicted octanol–water partition coefficient (Wildman–Crippen LogP) is 3.46. The summed E-state index contributed by atoms with van der Waals surface area (Å²) >= 11 is 5.90. The molecule has 0 amide bonds. The number of carboxylic acids is 1. The number of methoxy groups -OCH3 is 1. The number of aryl methyl sites for hydroxylation is 1. The van der Waals surface area contributed by atoms with E-state index in [0.29, 0.717) is 21.9 Å². The largest absolute Gasteiger partial charge is 0.495 e. The Hall–Kier alpha value is -2.25. The summed E-state index contributed by atoms with van der Waals surface area (Å²) in [6.45, 7) is 3.27. The number of anilines is 1. The molecule has 6 nitrogen and oxygen atoms in total. The predicted molar refractivity (Wildman–Crippen MR) is 91.7 cm³/mol. The van der Waals surface area contributed by atoms with E-state index in [-0.39, 0.29) is 16.1 Å². The quantitative estimate of drug-likeness (QED) is 0.841. The fraction of sp³-hybridized carbons (Fsp3) is 0.188. The van der Waals surface area contributed by atoms with Gasteiger partial charge in [-0.1, -0.05) is 11.6 Å². The molecule has 0 aromatic heterocycles. The molecule has 24 heavy (non-hydrogen) atoms. The van der Waals surface area contributed by atoms with Crippen LogP contribution in [0.4, 0.5) is 5.69 Å². The average molecular weight is 370 g/mol. The van der Waals surface area contributed by atoms with Gasteiger partial charge in [0.05, 0.1) is 23.3 Å². The molecular formula is C16H16ClNO5S. The third kappa shape index (κ3) is 3.63. The molecule has 0 saturated carbocycles. The average Bonchev–Trinajstić information content (AvgIpc) is 2.49. The second-order valence-electron chi connectivity index (χ2n) is 5.17. The zero-order valence-electron chi connectivity index (χ0n) is 13.3. The maximum atomic E-state index is 12.7. The molecule has 0 atom stereocenters. The molecule has 0 heterocycles. The highest BCUT2D eigenvalue weighted by Crippen LogP contribution is 2.31. The van der Waals surface area contributed by atoms with Gasteiger partial charge in [0, 0.05) is 5.02 Å². The standard InChI is InChI=1S/C16H16ClNO5S/c1-9-6-11(16(19)20)7-15(10(9)2)24(21,22)18-13-8-12(17)4-5-14(13)23-3/h4-8,18H,1-3H3,(H,19,20). The van der Waals surface area contributed by atoms with Crippen LogP contribution in [0.5, 0.6) is 5.75 Å². The molecule has 128 valence electrons. The number of hydrogen-bond acceptors (Lipinski definition) is 4. The van der Waals surface area contributed by atoms with Gasteiger partial charge in [0.2, 0.25) is 0 Å². The van der Waals surface area contributed by atoms with Crippen LogP contribution in [0.2, 0.25) is 5.02 Å². The number of carbonyl (C=O) groups is 1. The Kier molecular flexibility index (Phi) is 5.05. The Morgan fingerprint density at radius 2 is 1.88 bits per heavy atom. The van der Waals surface area contributed by atoms with Crippen LogP contribution in [0, 0.1) is 13.8 Å². The van der Waals surface area contributed by atoms with E-state index in [1.54, 1.807) is 19.9 Å². The number of halogens is 1. The van der Waals surface area contributed by atoms with Gasteiger partial charge in [-0.05, 0) is 55.3 Å².